The largest absolute Gasteiger partial charge is 0.394 e. The fraction of sp³-hybridized carbons (Fsp3) is 1.00. The molecule has 0 amide bonds. The van der Waals surface area contributed by atoms with Crippen molar-refractivity contribution in [3.05, 3.63) is 0 Å². The molecular weight excluding hydrogens is 120 g/mol. The molecule has 0 fully saturated rings. The Balaban J connectivity index is 2.60. The van der Waals surface area contributed by atoms with E-state index < -0.39 is 0 Å². The second-order valence-electron chi connectivity index (χ2n) is 1.51. The Bertz CT molecular complexity index is 46.2. The molecule has 0 aromatic rings. The minimum atomic E-state index is 0.0968. The number of ether oxygens (including phenoxy) is 1. The molecule has 0 saturated carbocycles. The predicted molar refractivity (Wildman–Crippen MR) is 35.0 cm³/mol. The van der Waals surface area contributed by atoms with E-state index in [0.29, 0.717) is 13.2 Å². The highest BCUT2D eigenvalue weighted by atomic mass is 16.5. The third kappa shape index (κ3) is 7.84. The lowest BCUT2D eigenvalue weighted by Crippen LogP contribution is -2.31. The van der Waals surface area contributed by atoms with E-state index in [9.17, 15) is 0 Å². The lowest BCUT2D eigenvalue weighted by Gasteiger charge is -2.01. The van der Waals surface area contributed by atoms with Crippen molar-refractivity contribution in [1.29, 1.82) is 0 Å². The van der Waals surface area contributed by atoms with Crippen molar-refractivity contribution in [1.82, 2.24) is 10.9 Å². The van der Waals surface area contributed by atoms with Gasteiger partial charge in [-0.15, -0.1) is 0 Å². The van der Waals surface area contributed by atoms with Crippen LogP contribution >= 0.6 is 0 Å². The summed E-state index contributed by atoms with van der Waals surface area (Å²) in [5.41, 5.74) is 5.60. The van der Waals surface area contributed by atoms with Crippen molar-refractivity contribution in [3.8, 4) is 0 Å². The fourth-order valence-electron chi connectivity index (χ4n) is 0.415. The highest BCUT2D eigenvalue weighted by molar-refractivity contribution is 4.34. The number of nitrogens with one attached hydrogen (secondary N) is 2. The van der Waals surface area contributed by atoms with E-state index in [-0.39, 0.29) is 6.61 Å². The number of hydrazine groups is 1. The monoisotopic (exact) mass is 134 g/mol. The summed E-state index contributed by atoms with van der Waals surface area (Å²) in [6, 6.07) is 0. The maximum Gasteiger partial charge on any atom is 0.0698 e. The molecule has 0 aromatic heterocycles. The average molecular weight is 134 g/mol. The molecule has 0 spiro atoms. The Morgan fingerprint density at radius 1 is 1.44 bits per heavy atom. The fourth-order valence-corrected chi connectivity index (χ4v) is 0.415. The van der Waals surface area contributed by atoms with Gasteiger partial charge in [-0.25, -0.2) is 0 Å². The third-order valence-corrected chi connectivity index (χ3v) is 0.784. The highest BCUT2D eigenvalue weighted by Gasteiger charge is 1.83. The van der Waals surface area contributed by atoms with E-state index in [4.69, 9.17) is 9.84 Å². The van der Waals surface area contributed by atoms with Crippen molar-refractivity contribution in [2.45, 2.75) is 0 Å². The van der Waals surface area contributed by atoms with E-state index in [0.717, 1.165) is 6.54 Å². The van der Waals surface area contributed by atoms with Gasteiger partial charge in [0.25, 0.3) is 0 Å². The van der Waals surface area contributed by atoms with Crippen LogP contribution in [-0.2, 0) is 4.74 Å². The maximum absolute atomic E-state index is 8.26. The molecule has 0 aromatic carbocycles. The normalized spacial score (nSPS) is 10.0. The van der Waals surface area contributed by atoms with Gasteiger partial charge in [-0.2, -0.15) is 0 Å². The molecule has 0 bridgehead atoms. The van der Waals surface area contributed by atoms with Gasteiger partial charge in [0.05, 0.1) is 19.8 Å². The van der Waals surface area contributed by atoms with E-state index in [2.05, 4.69) is 10.9 Å². The van der Waals surface area contributed by atoms with Gasteiger partial charge >= 0.3 is 0 Å². The molecule has 4 nitrogen and oxygen atoms in total. The zero-order valence-electron chi connectivity index (χ0n) is 5.68. The van der Waals surface area contributed by atoms with Gasteiger partial charge in [0.1, 0.15) is 0 Å². The second kappa shape index (κ2) is 7.84. The van der Waals surface area contributed by atoms with Gasteiger partial charge in [0, 0.05) is 6.54 Å². The minimum Gasteiger partial charge on any atom is -0.394 e. The van der Waals surface area contributed by atoms with Crippen LogP contribution in [0.2, 0.25) is 0 Å². The van der Waals surface area contributed by atoms with Crippen molar-refractivity contribution in [3.63, 3.8) is 0 Å². The molecule has 0 unspecified atom stereocenters. The Labute approximate surface area is 55.2 Å². The summed E-state index contributed by atoms with van der Waals surface area (Å²) in [5, 5.41) is 8.26. The quantitative estimate of drug-likeness (QED) is 0.313. The number of hydrogen-bond acceptors (Lipinski definition) is 4. The van der Waals surface area contributed by atoms with Crippen LogP contribution in [0.5, 0.6) is 0 Å². The molecule has 0 rings (SSSR count). The molecule has 0 atom stereocenters. The Kier molecular flexibility index (Phi) is 7.70. The topological polar surface area (TPSA) is 53.5 Å². The summed E-state index contributed by atoms with van der Waals surface area (Å²) in [4.78, 5) is 0. The zero-order valence-corrected chi connectivity index (χ0v) is 5.68. The molecule has 56 valence electrons. The first-order valence-electron chi connectivity index (χ1n) is 3.00. The molecule has 0 aliphatic heterocycles. The molecule has 0 heterocycles. The van der Waals surface area contributed by atoms with Crippen LogP contribution in [0, 0.1) is 0 Å². The summed E-state index contributed by atoms with van der Waals surface area (Å²) >= 11 is 0. The second-order valence-corrected chi connectivity index (χ2v) is 1.51. The summed E-state index contributed by atoms with van der Waals surface area (Å²) in [5.74, 6) is 0. The van der Waals surface area contributed by atoms with Crippen LogP contribution < -0.4 is 10.9 Å². The van der Waals surface area contributed by atoms with Crippen LogP contribution in [0.15, 0.2) is 0 Å². The van der Waals surface area contributed by atoms with Gasteiger partial charge in [0.15, 0.2) is 0 Å². The molecule has 0 radical (unpaired) electrons. The Morgan fingerprint density at radius 3 is 2.78 bits per heavy atom. The first-order valence-corrected chi connectivity index (χ1v) is 3.00. The summed E-state index contributed by atoms with van der Waals surface area (Å²) in [6.07, 6.45) is 0. The number of rotatable bonds is 6. The smallest absolute Gasteiger partial charge is 0.0698 e. The molecular formula is C5H14N2O2. The zero-order chi connectivity index (χ0) is 6.95. The molecule has 0 saturated heterocycles. The van der Waals surface area contributed by atoms with Crippen molar-refractivity contribution >= 4 is 0 Å². The highest BCUT2D eigenvalue weighted by Crippen LogP contribution is 1.68. The van der Waals surface area contributed by atoms with Crippen LogP contribution in [-0.4, -0.2) is 38.5 Å². The predicted octanol–water partition coefficient (Wildman–Crippen LogP) is -1.28. The van der Waals surface area contributed by atoms with Crippen LogP contribution in [0.25, 0.3) is 0 Å². The Hall–Kier alpha value is -0.160. The van der Waals surface area contributed by atoms with Gasteiger partial charge in [-0.05, 0) is 7.05 Å². The van der Waals surface area contributed by atoms with E-state index >= 15 is 0 Å². The van der Waals surface area contributed by atoms with Crippen molar-refractivity contribution in [2.24, 2.45) is 0 Å². The SMILES string of the molecule is CNNCCOCCO. The van der Waals surface area contributed by atoms with Crippen LogP contribution in [0.4, 0.5) is 0 Å². The standard InChI is InChI=1S/C5H14N2O2/c1-6-7-2-4-9-5-3-8/h6-8H,2-5H2,1H3. The summed E-state index contributed by atoms with van der Waals surface area (Å²) in [6.45, 7) is 1.91. The lowest BCUT2D eigenvalue weighted by molar-refractivity contribution is 0.0927. The van der Waals surface area contributed by atoms with Crippen LogP contribution in [0.1, 0.15) is 0 Å². The van der Waals surface area contributed by atoms with E-state index in [1.165, 1.54) is 0 Å². The minimum absolute atomic E-state index is 0.0968. The first-order chi connectivity index (χ1) is 4.41. The van der Waals surface area contributed by atoms with Gasteiger partial charge < -0.3 is 9.84 Å². The first kappa shape index (κ1) is 8.84. The number of aliphatic hydroxyl groups excluding tert-OH is 1. The lowest BCUT2D eigenvalue weighted by atomic mass is 10.7. The van der Waals surface area contributed by atoms with Gasteiger partial charge in [-0.3, -0.25) is 10.9 Å². The summed E-state index contributed by atoms with van der Waals surface area (Å²) < 4.78 is 4.93. The van der Waals surface area contributed by atoms with Crippen molar-refractivity contribution in [2.75, 3.05) is 33.4 Å². The molecule has 9 heavy (non-hydrogen) atoms. The van der Waals surface area contributed by atoms with Gasteiger partial charge in [0.2, 0.25) is 0 Å². The molecule has 0 aliphatic carbocycles. The molecule has 0 aliphatic rings. The van der Waals surface area contributed by atoms with E-state index in [1.54, 1.807) is 7.05 Å². The number of aliphatic hydroxyl groups is 1. The number of hydrogen-bond donors (Lipinski definition) is 3. The maximum atomic E-state index is 8.26. The van der Waals surface area contributed by atoms with E-state index in [1.807, 2.05) is 0 Å². The molecule has 4 heteroatoms. The third-order valence-electron chi connectivity index (χ3n) is 0.784. The van der Waals surface area contributed by atoms with Crippen LogP contribution in [0.3, 0.4) is 0 Å². The molecule has 3 N–H and O–H groups in total. The average Bonchev–Trinajstić information content (AvgIpc) is 1.89. The van der Waals surface area contributed by atoms with Crippen molar-refractivity contribution < 1.29 is 9.84 Å². The summed E-state index contributed by atoms with van der Waals surface area (Å²) in [7, 11) is 1.80. The Morgan fingerprint density at radius 2 is 2.22 bits per heavy atom. The van der Waals surface area contributed by atoms with Gasteiger partial charge in [-0.1, -0.05) is 0 Å².